The molecule has 1 heterocycles. The van der Waals surface area contributed by atoms with Crippen LogP contribution in [0.3, 0.4) is 0 Å². The maximum absolute atomic E-state index is 14.2. The Balaban J connectivity index is 2.15. The Kier molecular flexibility index (Phi) is 2.52. The molecule has 0 unspecified atom stereocenters. The second-order valence-electron chi connectivity index (χ2n) is 4.09. The van der Waals surface area contributed by atoms with E-state index in [0.717, 1.165) is 16.8 Å². The van der Waals surface area contributed by atoms with Gasteiger partial charge in [-0.25, -0.2) is 4.39 Å². The third-order valence-electron chi connectivity index (χ3n) is 3.02. The van der Waals surface area contributed by atoms with Gasteiger partial charge in [-0.15, -0.1) is 0 Å². The predicted octanol–water partition coefficient (Wildman–Crippen LogP) is 3.98. The molecule has 2 aromatic carbocycles. The number of H-pyrrole nitrogens is 1. The number of hydrogen-bond donors (Lipinski definition) is 1. The molecular weight excluding hydrogens is 229 g/mol. The van der Waals surface area contributed by atoms with Crippen LogP contribution in [0.15, 0.2) is 48.5 Å². The Hall–Kier alpha value is -2.29. The molecule has 0 aliphatic rings. The lowest BCUT2D eigenvalue weighted by Crippen LogP contribution is -1.84. The summed E-state index contributed by atoms with van der Waals surface area (Å²) >= 11 is 0. The van der Waals surface area contributed by atoms with Gasteiger partial charge in [0.25, 0.3) is 0 Å². The zero-order valence-electron chi connectivity index (χ0n) is 9.91. The third kappa shape index (κ3) is 1.64. The highest BCUT2D eigenvalue weighted by molar-refractivity contribution is 5.86. The highest BCUT2D eigenvalue weighted by Gasteiger charge is 2.12. The van der Waals surface area contributed by atoms with E-state index in [-0.39, 0.29) is 5.82 Å². The average Bonchev–Trinajstić information content (AvgIpc) is 2.77. The molecule has 0 saturated heterocycles. The molecule has 0 radical (unpaired) electrons. The van der Waals surface area contributed by atoms with Crippen LogP contribution in [-0.4, -0.2) is 12.1 Å². The molecule has 0 aliphatic carbocycles. The van der Waals surface area contributed by atoms with E-state index < -0.39 is 0 Å². The van der Waals surface area contributed by atoms with Gasteiger partial charge in [-0.3, -0.25) is 0 Å². The number of ether oxygens (including phenoxy) is 1. The van der Waals surface area contributed by atoms with E-state index in [0.29, 0.717) is 11.1 Å². The van der Waals surface area contributed by atoms with Crippen LogP contribution >= 0.6 is 0 Å². The molecular formula is C15H12FNO. The van der Waals surface area contributed by atoms with Gasteiger partial charge in [-0.1, -0.05) is 12.1 Å². The molecule has 3 aromatic rings. The maximum atomic E-state index is 14.2. The van der Waals surface area contributed by atoms with Crippen LogP contribution in [0, 0.1) is 5.82 Å². The van der Waals surface area contributed by atoms with Crippen LogP contribution in [0.25, 0.3) is 22.2 Å². The number of aromatic amines is 1. The first-order valence-electron chi connectivity index (χ1n) is 5.70. The zero-order valence-corrected chi connectivity index (χ0v) is 9.91. The van der Waals surface area contributed by atoms with Crippen molar-refractivity contribution in [2.45, 2.75) is 0 Å². The summed E-state index contributed by atoms with van der Waals surface area (Å²) in [5.41, 5.74) is 2.13. The summed E-state index contributed by atoms with van der Waals surface area (Å²) in [5, 5.41) is 0.614. The third-order valence-corrected chi connectivity index (χ3v) is 3.02. The van der Waals surface area contributed by atoms with Crippen LogP contribution in [-0.2, 0) is 0 Å². The molecule has 0 spiro atoms. The molecule has 0 atom stereocenters. The minimum Gasteiger partial charge on any atom is -0.497 e. The molecule has 0 aliphatic heterocycles. The van der Waals surface area contributed by atoms with Gasteiger partial charge >= 0.3 is 0 Å². The lowest BCUT2D eigenvalue weighted by molar-refractivity contribution is 0.415. The van der Waals surface area contributed by atoms with E-state index in [1.165, 1.54) is 0 Å². The number of methoxy groups -OCH3 is 1. The van der Waals surface area contributed by atoms with Gasteiger partial charge in [-0.2, -0.15) is 0 Å². The number of aromatic nitrogens is 1. The summed E-state index contributed by atoms with van der Waals surface area (Å²) in [6.45, 7) is 0. The summed E-state index contributed by atoms with van der Waals surface area (Å²) < 4.78 is 19.3. The fraction of sp³-hybridized carbons (Fsp3) is 0.0667. The highest BCUT2D eigenvalue weighted by Crippen LogP contribution is 2.29. The standard InChI is InChI=1S/C15H12FNO/c1-18-11-8-6-10(7-9-11)15-14(16)12-4-2-3-5-13(12)17-15/h2-9,17H,1H3. The van der Waals surface area contributed by atoms with Crippen molar-refractivity contribution in [1.29, 1.82) is 0 Å². The van der Waals surface area contributed by atoms with Crippen molar-refractivity contribution in [2.75, 3.05) is 7.11 Å². The summed E-state index contributed by atoms with van der Waals surface area (Å²) in [6.07, 6.45) is 0. The smallest absolute Gasteiger partial charge is 0.156 e. The molecule has 1 N–H and O–H groups in total. The SMILES string of the molecule is COc1ccc(-c2[nH]c3ccccc3c2F)cc1. The molecule has 0 amide bonds. The lowest BCUT2D eigenvalue weighted by Gasteiger charge is -2.01. The minimum absolute atomic E-state index is 0.212. The van der Waals surface area contributed by atoms with E-state index in [1.807, 2.05) is 42.5 Å². The minimum atomic E-state index is -0.212. The van der Waals surface area contributed by atoms with E-state index in [1.54, 1.807) is 13.2 Å². The van der Waals surface area contributed by atoms with Gasteiger partial charge in [0, 0.05) is 16.5 Å². The van der Waals surface area contributed by atoms with Crippen molar-refractivity contribution in [3.8, 4) is 17.0 Å². The molecule has 18 heavy (non-hydrogen) atoms. The Morgan fingerprint density at radius 2 is 1.72 bits per heavy atom. The van der Waals surface area contributed by atoms with Crippen molar-refractivity contribution in [2.24, 2.45) is 0 Å². The van der Waals surface area contributed by atoms with Crippen LogP contribution < -0.4 is 4.74 Å². The van der Waals surface area contributed by atoms with E-state index in [4.69, 9.17) is 4.74 Å². The van der Waals surface area contributed by atoms with Gasteiger partial charge in [0.2, 0.25) is 0 Å². The monoisotopic (exact) mass is 241 g/mol. The van der Waals surface area contributed by atoms with Crippen LogP contribution in [0.4, 0.5) is 4.39 Å². The van der Waals surface area contributed by atoms with Gasteiger partial charge in [0.05, 0.1) is 12.8 Å². The van der Waals surface area contributed by atoms with Gasteiger partial charge in [-0.05, 0) is 36.4 Å². The van der Waals surface area contributed by atoms with Gasteiger partial charge in [0.1, 0.15) is 5.75 Å². The Morgan fingerprint density at radius 1 is 1.00 bits per heavy atom. The topological polar surface area (TPSA) is 25.0 Å². The summed E-state index contributed by atoms with van der Waals surface area (Å²) in [6, 6.07) is 14.7. The molecule has 0 saturated carbocycles. The molecule has 2 nitrogen and oxygen atoms in total. The summed E-state index contributed by atoms with van der Waals surface area (Å²) in [7, 11) is 1.61. The maximum Gasteiger partial charge on any atom is 0.156 e. The Morgan fingerprint density at radius 3 is 2.39 bits per heavy atom. The van der Waals surface area contributed by atoms with E-state index >= 15 is 0 Å². The van der Waals surface area contributed by atoms with Crippen molar-refractivity contribution < 1.29 is 9.13 Å². The van der Waals surface area contributed by atoms with Crippen LogP contribution in [0.5, 0.6) is 5.75 Å². The predicted molar refractivity (Wildman–Crippen MR) is 70.2 cm³/mol. The van der Waals surface area contributed by atoms with Crippen LogP contribution in [0.1, 0.15) is 0 Å². The quantitative estimate of drug-likeness (QED) is 0.721. The number of halogens is 1. The molecule has 0 bridgehead atoms. The number of fused-ring (bicyclic) bond motifs is 1. The average molecular weight is 241 g/mol. The van der Waals surface area contributed by atoms with E-state index in [2.05, 4.69) is 4.98 Å². The number of hydrogen-bond acceptors (Lipinski definition) is 1. The number of benzene rings is 2. The first kappa shape index (κ1) is 10.8. The molecule has 90 valence electrons. The highest BCUT2D eigenvalue weighted by atomic mass is 19.1. The Bertz CT molecular complexity index is 685. The van der Waals surface area contributed by atoms with E-state index in [9.17, 15) is 4.39 Å². The second-order valence-corrected chi connectivity index (χ2v) is 4.09. The molecule has 3 rings (SSSR count). The van der Waals surface area contributed by atoms with Crippen molar-refractivity contribution in [3.05, 3.63) is 54.3 Å². The number of rotatable bonds is 2. The summed E-state index contributed by atoms with van der Waals surface area (Å²) in [5.74, 6) is 0.547. The van der Waals surface area contributed by atoms with Gasteiger partial charge in [0.15, 0.2) is 5.82 Å². The molecule has 3 heteroatoms. The molecule has 0 fully saturated rings. The normalized spacial score (nSPS) is 10.8. The fourth-order valence-electron chi connectivity index (χ4n) is 2.06. The van der Waals surface area contributed by atoms with Gasteiger partial charge < -0.3 is 9.72 Å². The largest absolute Gasteiger partial charge is 0.497 e. The molecule has 1 aromatic heterocycles. The van der Waals surface area contributed by atoms with Crippen molar-refractivity contribution in [1.82, 2.24) is 4.98 Å². The summed E-state index contributed by atoms with van der Waals surface area (Å²) in [4.78, 5) is 3.10. The second kappa shape index (κ2) is 4.18. The first-order chi connectivity index (χ1) is 8.79. The Labute approximate surface area is 104 Å². The first-order valence-corrected chi connectivity index (χ1v) is 5.70. The van der Waals surface area contributed by atoms with Crippen molar-refractivity contribution in [3.63, 3.8) is 0 Å². The number of nitrogens with one attached hydrogen (secondary N) is 1. The lowest BCUT2D eigenvalue weighted by atomic mass is 10.1. The zero-order chi connectivity index (χ0) is 12.5. The number of para-hydroxylation sites is 1. The fourth-order valence-corrected chi connectivity index (χ4v) is 2.06. The van der Waals surface area contributed by atoms with Crippen molar-refractivity contribution >= 4 is 10.9 Å². The van der Waals surface area contributed by atoms with Crippen LogP contribution in [0.2, 0.25) is 0 Å².